The SMILES string of the molecule is CCNC(=NCCCc1nnc2n1CCCCC2)N(C)CCOc1ccc(Cl)cc1.I. The van der Waals surface area contributed by atoms with E-state index in [9.17, 15) is 0 Å². The van der Waals surface area contributed by atoms with Crippen molar-refractivity contribution in [3.8, 4) is 5.75 Å². The van der Waals surface area contributed by atoms with Gasteiger partial charge in [-0.2, -0.15) is 0 Å². The molecule has 2 heterocycles. The standard InChI is InChI=1S/C22H33ClN6O.HI/c1-3-24-22(28(2)16-17-30-19-12-10-18(23)11-13-19)25-14-7-9-21-27-26-20-8-5-4-6-15-29(20)21;/h10-13H,3-9,14-17H2,1-2H3,(H,24,25);1H. The number of hydrogen-bond donors (Lipinski definition) is 1. The second-order valence-corrected chi connectivity index (χ2v) is 7.99. The Kier molecular flexibility index (Phi) is 11.4. The molecule has 0 amide bonds. The summed E-state index contributed by atoms with van der Waals surface area (Å²) in [4.78, 5) is 6.88. The third kappa shape index (κ3) is 8.14. The highest BCUT2D eigenvalue weighted by atomic mass is 127. The number of fused-ring (bicyclic) bond motifs is 1. The minimum absolute atomic E-state index is 0. The number of nitrogens with zero attached hydrogens (tertiary/aromatic N) is 5. The Hall–Kier alpha value is -1.55. The van der Waals surface area contributed by atoms with Crippen molar-refractivity contribution in [1.29, 1.82) is 0 Å². The molecule has 7 nitrogen and oxygen atoms in total. The average molecular weight is 561 g/mol. The third-order valence-corrected chi connectivity index (χ3v) is 5.46. The van der Waals surface area contributed by atoms with Gasteiger partial charge >= 0.3 is 0 Å². The van der Waals surface area contributed by atoms with Crippen LogP contribution in [0.3, 0.4) is 0 Å². The Labute approximate surface area is 207 Å². The highest BCUT2D eigenvalue weighted by Gasteiger charge is 2.14. The number of likely N-dealkylation sites (N-methyl/N-ethyl adjacent to an activating group) is 1. The molecule has 0 aliphatic carbocycles. The Bertz CT molecular complexity index is 811. The summed E-state index contributed by atoms with van der Waals surface area (Å²) in [5, 5.41) is 12.9. The van der Waals surface area contributed by atoms with Gasteiger partial charge in [0.2, 0.25) is 0 Å². The van der Waals surface area contributed by atoms with E-state index in [1.165, 1.54) is 19.3 Å². The van der Waals surface area contributed by atoms with Crippen molar-refractivity contribution in [2.75, 3.05) is 33.3 Å². The molecule has 0 radical (unpaired) electrons. The number of aromatic nitrogens is 3. The highest BCUT2D eigenvalue weighted by molar-refractivity contribution is 14.0. The molecule has 172 valence electrons. The summed E-state index contributed by atoms with van der Waals surface area (Å²) in [6.07, 6.45) is 6.67. The van der Waals surface area contributed by atoms with Crippen LogP contribution in [0, 0.1) is 0 Å². The summed E-state index contributed by atoms with van der Waals surface area (Å²) in [5.41, 5.74) is 0. The Balaban J connectivity index is 0.00000341. The number of ether oxygens (including phenoxy) is 1. The van der Waals surface area contributed by atoms with E-state index in [2.05, 4.69) is 31.9 Å². The molecule has 0 spiro atoms. The van der Waals surface area contributed by atoms with E-state index in [1.54, 1.807) is 0 Å². The molecule has 2 aromatic rings. The van der Waals surface area contributed by atoms with E-state index in [4.69, 9.17) is 21.3 Å². The molecular formula is C22H34ClIN6O. The van der Waals surface area contributed by atoms with Crippen molar-refractivity contribution < 1.29 is 4.74 Å². The molecule has 1 aliphatic heterocycles. The second-order valence-electron chi connectivity index (χ2n) is 7.56. The summed E-state index contributed by atoms with van der Waals surface area (Å²) < 4.78 is 8.12. The number of rotatable bonds is 9. The van der Waals surface area contributed by atoms with E-state index in [0.29, 0.717) is 11.6 Å². The predicted octanol–water partition coefficient (Wildman–Crippen LogP) is 4.18. The first-order chi connectivity index (χ1) is 14.7. The van der Waals surface area contributed by atoms with Crippen LogP contribution in [0.25, 0.3) is 0 Å². The van der Waals surface area contributed by atoms with Gasteiger partial charge in [0, 0.05) is 44.5 Å². The Morgan fingerprint density at radius 1 is 1.23 bits per heavy atom. The molecule has 3 rings (SSSR count). The van der Waals surface area contributed by atoms with E-state index >= 15 is 0 Å². The zero-order valence-corrected chi connectivity index (χ0v) is 21.6. The van der Waals surface area contributed by atoms with Crippen molar-refractivity contribution in [3.63, 3.8) is 0 Å². The van der Waals surface area contributed by atoms with E-state index in [-0.39, 0.29) is 24.0 Å². The maximum Gasteiger partial charge on any atom is 0.193 e. The number of hydrogen-bond acceptors (Lipinski definition) is 4. The van der Waals surface area contributed by atoms with Gasteiger partial charge in [-0.1, -0.05) is 18.0 Å². The van der Waals surface area contributed by atoms with Crippen LogP contribution in [0.4, 0.5) is 0 Å². The molecule has 9 heteroatoms. The smallest absolute Gasteiger partial charge is 0.193 e. The molecule has 1 N–H and O–H groups in total. The zero-order chi connectivity index (χ0) is 21.2. The van der Waals surface area contributed by atoms with Crippen LogP contribution in [0.15, 0.2) is 29.3 Å². The zero-order valence-electron chi connectivity index (χ0n) is 18.5. The molecule has 0 unspecified atom stereocenters. The first-order valence-electron chi connectivity index (χ1n) is 11.0. The lowest BCUT2D eigenvalue weighted by atomic mass is 10.2. The van der Waals surface area contributed by atoms with E-state index < -0.39 is 0 Å². The summed E-state index contributed by atoms with van der Waals surface area (Å²) in [5.74, 6) is 3.98. The van der Waals surface area contributed by atoms with Gasteiger partial charge in [-0.25, -0.2) is 0 Å². The van der Waals surface area contributed by atoms with Crippen molar-refractivity contribution in [2.45, 2.75) is 52.0 Å². The number of benzene rings is 1. The molecule has 0 fully saturated rings. The Morgan fingerprint density at radius 2 is 2.03 bits per heavy atom. The van der Waals surface area contributed by atoms with E-state index in [0.717, 1.165) is 68.8 Å². The van der Waals surface area contributed by atoms with Crippen LogP contribution >= 0.6 is 35.6 Å². The monoisotopic (exact) mass is 560 g/mol. The van der Waals surface area contributed by atoms with Gasteiger partial charge in [0.15, 0.2) is 5.96 Å². The van der Waals surface area contributed by atoms with Crippen molar-refractivity contribution >= 4 is 41.5 Å². The first-order valence-corrected chi connectivity index (χ1v) is 11.3. The Morgan fingerprint density at radius 3 is 2.81 bits per heavy atom. The molecule has 1 aromatic heterocycles. The van der Waals surface area contributed by atoms with Crippen LogP contribution in [0.2, 0.25) is 5.02 Å². The number of aliphatic imine (C=N–C) groups is 1. The number of aryl methyl sites for hydroxylation is 2. The molecule has 0 saturated heterocycles. The highest BCUT2D eigenvalue weighted by Crippen LogP contribution is 2.16. The number of guanidine groups is 1. The number of halogens is 2. The molecule has 31 heavy (non-hydrogen) atoms. The largest absolute Gasteiger partial charge is 0.492 e. The van der Waals surface area contributed by atoms with Crippen LogP contribution in [0.1, 0.15) is 44.3 Å². The molecule has 0 saturated carbocycles. The molecule has 0 atom stereocenters. The quantitative estimate of drug-likeness (QED) is 0.216. The maximum absolute atomic E-state index is 5.91. The predicted molar refractivity (Wildman–Crippen MR) is 137 cm³/mol. The van der Waals surface area contributed by atoms with Gasteiger partial charge in [-0.05, 0) is 50.5 Å². The second kappa shape index (κ2) is 13.8. The average Bonchev–Trinajstić information content (AvgIpc) is 2.97. The molecule has 1 aromatic carbocycles. The van der Waals surface area contributed by atoms with Gasteiger partial charge in [-0.3, -0.25) is 4.99 Å². The first kappa shape index (κ1) is 25.7. The van der Waals surface area contributed by atoms with Crippen LogP contribution < -0.4 is 10.1 Å². The van der Waals surface area contributed by atoms with Gasteiger partial charge in [-0.15, -0.1) is 34.2 Å². The third-order valence-electron chi connectivity index (χ3n) is 5.21. The number of nitrogens with one attached hydrogen (secondary N) is 1. The molecular weight excluding hydrogens is 527 g/mol. The summed E-state index contributed by atoms with van der Waals surface area (Å²) >= 11 is 5.91. The fraction of sp³-hybridized carbons (Fsp3) is 0.591. The van der Waals surface area contributed by atoms with Crippen LogP contribution in [-0.2, 0) is 19.4 Å². The topological polar surface area (TPSA) is 67.6 Å². The molecule has 1 aliphatic rings. The van der Waals surface area contributed by atoms with Crippen LogP contribution in [0.5, 0.6) is 5.75 Å². The fourth-order valence-corrected chi connectivity index (χ4v) is 3.69. The normalized spacial score (nSPS) is 13.7. The van der Waals surface area contributed by atoms with Crippen LogP contribution in [-0.4, -0.2) is 58.9 Å². The fourth-order valence-electron chi connectivity index (χ4n) is 3.56. The van der Waals surface area contributed by atoms with Crippen molar-refractivity contribution in [2.24, 2.45) is 4.99 Å². The lowest BCUT2D eigenvalue weighted by Crippen LogP contribution is -2.41. The van der Waals surface area contributed by atoms with Crippen molar-refractivity contribution in [1.82, 2.24) is 25.0 Å². The van der Waals surface area contributed by atoms with Gasteiger partial charge in [0.25, 0.3) is 0 Å². The minimum atomic E-state index is 0. The summed E-state index contributed by atoms with van der Waals surface area (Å²) in [6.45, 7) is 6.05. The van der Waals surface area contributed by atoms with Crippen molar-refractivity contribution in [3.05, 3.63) is 40.9 Å². The lowest BCUT2D eigenvalue weighted by molar-refractivity contribution is 0.281. The van der Waals surface area contributed by atoms with Gasteiger partial charge < -0.3 is 19.5 Å². The maximum atomic E-state index is 5.91. The lowest BCUT2D eigenvalue weighted by Gasteiger charge is -2.22. The van der Waals surface area contributed by atoms with Gasteiger partial charge in [0.1, 0.15) is 24.0 Å². The van der Waals surface area contributed by atoms with Gasteiger partial charge in [0.05, 0.1) is 6.54 Å². The minimum Gasteiger partial charge on any atom is -0.492 e. The van der Waals surface area contributed by atoms with E-state index in [1.807, 2.05) is 31.3 Å². The molecule has 0 bridgehead atoms. The summed E-state index contributed by atoms with van der Waals surface area (Å²) in [7, 11) is 2.03. The summed E-state index contributed by atoms with van der Waals surface area (Å²) in [6, 6.07) is 7.43.